The topological polar surface area (TPSA) is 73.9 Å². The maximum atomic E-state index is 12.5. The first-order chi connectivity index (χ1) is 14.5. The quantitative estimate of drug-likeness (QED) is 0.562. The van der Waals surface area contributed by atoms with Crippen LogP contribution in [0.3, 0.4) is 0 Å². The van der Waals surface area contributed by atoms with Gasteiger partial charge in [-0.1, -0.05) is 44.5 Å². The Morgan fingerprint density at radius 2 is 1.60 bits per heavy atom. The minimum atomic E-state index is -0.881. The Morgan fingerprint density at radius 1 is 0.967 bits per heavy atom. The van der Waals surface area contributed by atoms with Crippen molar-refractivity contribution in [2.75, 3.05) is 20.8 Å². The number of hydrogen-bond donors (Lipinski definition) is 1. The van der Waals surface area contributed by atoms with E-state index in [-0.39, 0.29) is 12.3 Å². The number of esters is 1. The van der Waals surface area contributed by atoms with Gasteiger partial charge in [-0.2, -0.15) is 0 Å². The lowest BCUT2D eigenvalue weighted by Crippen LogP contribution is -2.35. The summed E-state index contributed by atoms with van der Waals surface area (Å²) in [6.45, 7) is 4.96. The van der Waals surface area contributed by atoms with Gasteiger partial charge in [0.05, 0.1) is 27.2 Å². The molecule has 0 radical (unpaired) electrons. The molecule has 0 heterocycles. The van der Waals surface area contributed by atoms with Crippen LogP contribution < -0.4 is 14.8 Å². The highest BCUT2D eigenvalue weighted by molar-refractivity contribution is 5.86. The van der Waals surface area contributed by atoms with Gasteiger partial charge in [0, 0.05) is 0 Å². The molecule has 2 atom stereocenters. The average molecular weight is 414 g/mol. The van der Waals surface area contributed by atoms with E-state index in [0.29, 0.717) is 18.1 Å². The number of ether oxygens (including phenoxy) is 3. The molecule has 2 aromatic rings. The molecule has 30 heavy (non-hydrogen) atoms. The summed E-state index contributed by atoms with van der Waals surface area (Å²) in [6.07, 6.45) is 2.39. The van der Waals surface area contributed by atoms with Gasteiger partial charge in [0.25, 0.3) is 0 Å². The number of amides is 1. The third kappa shape index (κ3) is 7.10. The van der Waals surface area contributed by atoms with Gasteiger partial charge in [-0.15, -0.1) is 0 Å². The largest absolute Gasteiger partial charge is 0.497 e. The third-order valence-electron chi connectivity index (χ3n) is 4.80. The maximum absolute atomic E-state index is 12.5. The molecule has 0 bridgehead atoms. The standard InChI is InChI=1S/C24H31NO5/c1-5-6-17(2)16-30-21-13-9-19(10-14-21)23(24(27)29-4)25-22(26)15-18-7-11-20(28-3)12-8-18/h7-14,17,23H,5-6,15-16H2,1-4H3,(H,25,26)/t17?,23-/m1/s1. The number of benzene rings is 2. The normalized spacial score (nSPS) is 12.5. The fourth-order valence-corrected chi connectivity index (χ4v) is 3.11. The molecular formula is C24H31NO5. The van der Waals surface area contributed by atoms with E-state index < -0.39 is 12.0 Å². The van der Waals surface area contributed by atoms with Gasteiger partial charge in [0.2, 0.25) is 5.91 Å². The summed E-state index contributed by atoms with van der Waals surface area (Å²) in [4.78, 5) is 24.8. The van der Waals surface area contributed by atoms with Gasteiger partial charge in [-0.05, 0) is 47.7 Å². The molecule has 0 saturated heterocycles. The maximum Gasteiger partial charge on any atom is 0.333 e. The molecule has 0 spiro atoms. The summed E-state index contributed by atoms with van der Waals surface area (Å²) in [5.74, 6) is 1.13. The molecule has 2 rings (SSSR count). The summed E-state index contributed by atoms with van der Waals surface area (Å²) in [7, 11) is 2.89. The van der Waals surface area contributed by atoms with Crippen LogP contribution in [0, 0.1) is 5.92 Å². The zero-order valence-corrected chi connectivity index (χ0v) is 18.1. The molecule has 0 saturated carbocycles. The van der Waals surface area contributed by atoms with Crippen LogP contribution in [-0.4, -0.2) is 32.7 Å². The van der Waals surface area contributed by atoms with Gasteiger partial charge in [0.15, 0.2) is 6.04 Å². The highest BCUT2D eigenvalue weighted by Crippen LogP contribution is 2.21. The first-order valence-electron chi connectivity index (χ1n) is 10.2. The zero-order chi connectivity index (χ0) is 21.9. The second-order valence-corrected chi connectivity index (χ2v) is 7.32. The Balaban J connectivity index is 2.02. The number of rotatable bonds is 11. The van der Waals surface area contributed by atoms with Crippen LogP contribution in [0.15, 0.2) is 48.5 Å². The van der Waals surface area contributed by atoms with E-state index in [1.807, 2.05) is 12.1 Å². The minimum Gasteiger partial charge on any atom is -0.497 e. The van der Waals surface area contributed by atoms with E-state index in [1.54, 1.807) is 43.5 Å². The van der Waals surface area contributed by atoms with Crippen molar-refractivity contribution in [2.24, 2.45) is 5.92 Å². The summed E-state index contributed by atoms with van der Waals surface area (Å²) in [5.41, 5.74) is 1.46. The van der Waals surface area contributed by atoms with Crippen LogP contribution in [0.25, 0.3) is 0 Å². The Morgan fingerprint density at radius 3 is 2.17 bits per heavy atom. The van der Waals surface area contributed by atoms with Gasteiger partial charge >= 0.3 is 5.97 Å². The van der Waals surface area contributed by atoms with Crippen LogP contribution in [0.5, 0.6) is 11.5 Å². The number of hydrogen-bond acceptors (Lipinski definition) is 5. The van der Waals surface area contributed by atoms with Crippen molar-refractivity contribution in [2.45, 2.75) is 39.2 Å². The summed E-state index contributed by atoms with van der Waals surface area (Å²) < 4.78 is 15.8. The van der Waals surface area contributed by atoms with Crippen molar-refractivity contribution in [3.05, 3.63) is 59.7 Å². The highest BCUT2D eigenvalue weighted by atomic mass is 16.5. The predicted molar refractivity (Wildman–Crippen MR) is 116 cm³/mol. The molecule has 2 aromatic carbocycles. The zero-order valence-electron chi connectivity index (χ0n) is 18.1. The first kappa shape index (κ1) is 23.3. The monoisotopic (exact) mass is 413 g/mol. The van der Waals surface area contributed by atoms with Gasteiger partial charge in [-0.25, -0.2) is 4.79 Å². The number of nitrogens with one attached hydrogen (secondary N) is 1. The molecule has 162 valence electrons. The van der Waals surface area contributed by atoms with Crippen LogP contribution >= 0.6 is 0 Å². The second-order valence-electron chi connectivity index (χ2n) is 7.32. The molecule has 6 nitrogen and oxygen atoms in total. The first-order valence-corrected chi connectivity index (χ1v) is 10.2. The molecule has 0 aliphatic carbocycles. The smallest absolute Gasteiger partial charge is 0.333 e. The molecule has 0 aliphatic rings. The lowest BCUT2D eigenvalue weighted by atomic mass is 10.1. The molecule has 1 amide bonds. The van der Waals surface area contributed by atoms with Crippen LogP contribution in [-0.2, 0) is 20.7 Å². The van der Waals surface area contributed by atoms with E-state index >= 15 is 0 Å². The van der Waals surface area contributed by atoms with Crippen molar-refractivity contribution < 1.29 is 23.8 Å². The summed E-state index contributed by atoms with van der Waals surface area (Å²) in [5, 5.41) is 2.76. The Hall–Kier alpha value is -3.02. The lowest BCUT2D eigenvalue weighted by molar-refractivity contribution is -0.145. The third-order valence-corrected chi connectivity index (χ3v) is 4.80. The average Bonchev–Trinajstić information content (AvgIpc) is 2.76. The number of methoxy groups -OCH3 is 2. The van der Waals surface area contributed by atoms with Gasteiger partial charge < -0.3 is 19.5 Å². The van der Waals surface area contributed by atoms with E-state index in [1.165, 1.54) is 7.11 Å². The summed E-state index contributed by atoms with van der Waals surface area (Å²) in [6, 6.07) is 13.5. The van der Waals surface area contributed by atoms with Crippen LogP contribution in [0.2, 0.25) is 0 Å². The second kappa shape index (κ2) is 11.9. The molecule has 1 unspecified atom stereocenters. The molecule has 0 aliphatic heterocycles. The van der Waals surface area contributed by atoms with E-state index in [4.69, 9.17) is 14.2 Å². The molecular weight excluding hydrogens is 382 g/mol. The van der Waals surface area contributed by atoms with Crippen molar-refractivity contribution in [3.8, 4) is 11.5 Å². The van der Waals surface area contributed by atoms with E-state index in [0.717, 1.165) is 29.9 Å². The SMILES string of the molecule is CCCC(C)COc1ccc([C@@H](NC(=O)Cc2ccc(OC)cc2)C(=O)OC)cc1. The fraction of sp³-hybridized carbons (Fsp3) is 0.417. The molecule has 1 N–H and O–H groups in total. The van der Waals surface area contributed by atoms with Crippen molar-refractivity contribution in [1.29, 1.82) is 0 Å². The van der Waals surface area contributed by atoms with Crippen LogP contribution in [0.4, 0.5) is 0 Å². The fourth-order valence-electron chi connectivity index (χ4n) is 3.11. The van der Waals surface area contributed by atoms with Crippen molar-refractivity contribution in [3.63, 3.8) is 0 Å². The molecule has 0 fully saturated rings. The lowest BCUT2D eigenvalue weighted by Gasteiger charge is -2.18. The number of carbonyl (C=O) groups is 2. The highest BCUT2D eigenvalue weighted by Gasteiger charge is 2.23. The van der Waals surface area contributed by atoms with Gasteiger partial charge in [0.1, 0.15) is 11.5 Å². The molecule has 0 aromatic heterocycles. The predicted octanol–water partition coefficient (Wildman–Crippen LogP) is 4.08. The van der Waals surface area contributed by atoms with Gasteiger partial charge in [-0.3, -0.25) is 4.79 Å². The minimum absolute atomic E-state index is 0.147. The summed E-state index contributed by atoms with van der Waals surface area (Å²) >= 11 is 0. The molecule has 6 heteroatoms. The van der Waals surface area contributed by atoms with Crippen LogP contribution in [0.1, 0.15) is 43.9 Å². The number of carbonyl (C=O) groups excluding carboxylic acids is 2. The van der Waals surface area contributed by atoms with Crippen molar-refractivity contribution in [1.82, 2.24) is 5.32 Å². The Kier molecular flexibility index (Phi) is 9.19. The Bertz CT molecular complexity index is 801. The van der Waals surface area contributed by atoms with Crippen molar-refractivity contribution >= 4 is 11.9 Å². The van der Waals surface area contributed by atoms with E-state index in [2.05, 4.69) is 19.2 Å². The van der Waals surface area contributed by atoms with E-state index in [9.17, 15) is 9.59 Å². The Labute approximate surface area is 178 Å².